The van der Waals surface area contributed by atoms with E-state index in [2.05, 4.69) is 27.7 Å². The molecule has 0 saturated carbocycles. The van der Waals surface area contributed by atoms with Gasteiger partial charge in [0.1, 0.15) is 0 Å². The minimum absolute atomic E-state index is 1.35. The minimum atomic E-state index is -2.12. The molecule has 2 heteroatoms. The van der Waals surface area contributed by atoms with Gasteiger partial charge in [0.25, 0.3) is 0 Å². The Labute approximate surface area is 261 Å². The van der Waals surface area contributed by atoms with Crippen molar-refractivity contribution in [3.05, 3.63) is 0 Å². The summed E-state index contributed by atoms with van der Waals surface area (Å²) < 4.78 is 0. The van der Waals surface area contributed by atoms with E-state index in [0.29, 0.717) is 0 Å². The molecule has 0 fully saturated rings. The van der Waals surface area contributed by atoms with Crippen molar-refractivity contribution < 1.29 is 0 Å². The van der Waals surface area contributed by atoms with Gasteiger partial charge in [-0.1, -0.05) is 13.3 Å². The van der Waals surface area contributed by atoms with Crippen LogP contribution in [0.5, 0.6) is 0 Å². The fourth-order valence-electron chi connectivity index (χ4n) is 6.88. The SMILES string of the molecule is CCCCCCCCCCCCCCP(Cl)(CCCCCCCC)(CCCCCCCC)CCCCCCCC. The van der Waals surface area contributed by atoms with Crippen LogP contribution in [0.15, 0.2) is 0 Å². The van der Waals surface area contributed by atoms with Gasteiger partial charge >= 0.3 is 249 Å². The van der Waals surface area contributed by atoms with Crippen LogP contribution in [0.4, 0.5) is 0 Å². The molecule has 0 N–H and O–H groups in total. The summed E-state index contributed by atoms with van der Waals surface area (Å²) in [4.78, 5) is 0. The second-order valence-electron chi connectivity index (χ2n) is 13.9. The summed E-state index contributed by atoms with van der Waals surface area (Å²) in [7, 11) is 0. The van der Waals surface area contributed by atoms with Crippen molar-refractivity contribution >= 4 is 17.2 Å². The molecule has 0 aliphatic heterocycles. The van der Waals surface area contributed by atoms with Crippen LogP contribution in [0, 0.1) is 0 Å². The van der Waals surface area contributed by atoms with Crippen molar-refractivity contribution in [2.24, 2.45) is 0 Å². The average Bonchev–Trinajstić information content (AvgIpc) is 2.95. The van der Waals surface area contributed by atoms with E-state index in [0.717, 1.165) is 0 Å². The van der Waals surface area contributed by atoms with Gasteiger partial charge in [-0.15, -0.1) is 0 Å². The maximum atomic E-state index is 8.18. The van der Waals surface area contributed by atoms with E-state index in [1.165, 1.54) is 217 Å². The number of hydrogen-bond donors (Lipinski definition) is 0. The van der Waals surface area contributed by atoms with E-state index in [1.807, 2.05) is 0 Å². The Balaban J connectivity index is 4.83. The number of unbranched alkanes of at least 4 members (excludes halogenated alkanes) is 26. The average molecular weight is 603 g/mol. The zero-order valence-corrected chi connectivity index (χ0v) is 30.5. The summed E-state index contributed by atoms with van der Waals surface area (Å²) >= 11 is 8.18. The van der Waals surface area contributed by atoms with Crippen LogP contribution in [0.25, 0.3) is 0 Å². The van der Waals surface area contributed by atoms with E-state index in [-0.39, 0.29) is 0 Å². The van der Waals surface area contributed by atoms with Gasteiger partial charge in [0.2, 0.25) is 0 Å². The van der Waals surface area contributed by atoms with Crippen molar-refractivity contribution in [2.45, 2.75) is 220 Å². The molecule has 0 aliphatic rings. The van der Waals surface area contributed by atoms with Crippen LogP contribution in [-0.2, 0) is 0 Å². The van der Waals surface area contributed by atoms with Gasteiger partial charge in [0.05, 0.1) is 0 Å². The van der Waals surface area contributed by atoms with Gasteiger partial charge in [-0.25, -0.2) is 0 Å². The molecular formula is C38H80ClP. The fourth-order valence-corrected chi connectivity index (χ4v) is 13.7. The molecule has 0 aliphatic carbocycles. The quantitative estimate of drug-likeness (QED) is 0.0507. The van der Waals surface area contributed by atoms with E-state index < -0.39 is 5.96 Å². The van der Waals surface area contributed by atoms with E-state index in [1.54, 1.807) is 0 Å². The van der Waals surface area contributed by atoms with Crippen LogP contribution in [0.3, 0.4) is 0 Å². The molecule has 0 bridgehead atoms. The molecule has 0 rings (SSSR count). The Kier molecular flexibility index (Phi) is 30.3. The Bertz CT molecular complexity index is 446. The molecule has 40 heavy (non-hydrogen) atoms. The monoisotopic (exact) mass is 603 g/mol. The second-order valence-corrected chi connectivity index (χ2v) is 22.2. The summed E-state index contributed by atoms with van der Waals surface area (Å²) in [5.41, 5.74) is 0. The molecule has 0 spiro atoms. The predicted molar refractivity (Wildman–Crippen MR) is 193 cm³/mol. The van der Waals surface area contributed by atoms with Crippen molar-refractivity contribution in [1.29, 1.82) is 0 Å². The zero-order valence-electron chi connectivity index (χ0n) is 28.9. The van der Waals surface area contributed by atoms with Gasteiger partial charge in [-0.2, -0.15) is 0 Å². The van der Waals surface area contributed by atoms with Crippen LogP contribution in [-0.4, -0.2) is 24.6 Å². The molecule has 0 nitrogen and oxygen atoms in total. The van der Waals surface area contributed by atoms with E-state index in [4.69, 9.17) is 11.2 Å². The molecule has 0 heterocycles. The standard InChI is InChI=1S/C38H80ClP/c1-5-9-13-17-21-22-23-24-25-26-30-34-38-40(39,35-31-27-18-14-10-6-2,36-32-28-19-15-11-7-3)37-33-29-20-16-12-8-4/h5-38H2,1-4H3. The molecule has 0 aromatic heterocycles. The molecule has 0 aromatic rings. The van der Waals surface area contributed by atoms with Gasteiger partial charge in [0, 0.05) is 0 Å². The van der Waals surface area contributed by atoms with Crippen molar-refractivity contribution in [1.82, 2.24) is 0 Å². The van der Waals surface area contributed by atoms with Crippen molar-refractivity contribution in [3.63, 3.8) is 0 Å². The summed E-state index contributed by atoms with van der Waals surface area (Å²) in [5.74, 6) is -2.12. The first kappa shape index (κ1) is 40.7. The Morgan fingerprint density at radius 3 is 0.575 bits per heavy atom. The van der Waals surface area contributed by atoms with Crippen LogP contribution >= 0.6 is 17.2 Å². The van der Waals surface area contributed by atoms with Crippen LogP contribution in [0.2, 0.25) is 0 Å². The first-order valence-corrected chi connectivity index (χ1v) is 23.1. The number of halogens is 1. The molecule has 0 aromatic carbocycles. The van der Waals surface area contributed by atoms with Gasteiger partial charge in [-0.05, 0) is 0 Å². The molecule has 0 amide bonds. The van der Waals surface area contributed by atoms with E-state index >= 15 is 0 Å². The molecule has 0 saturated heterocycles. The summed E-state index contributed by atoms with van der Waals surface area (Å²) in [6.45, 7) is 9.32. The Morgan fingerprint density at radius 2 is 0.400 bits per heavy atom. The normalized spacial score (nSPS) is 13.1. The summed E-state index contributed by atoms with van der Waals surface area (Å²) in [6.07, 6.45) is 48.4. The first-order chi connectivity index (χ1) is 19.5. The third-order valence-electron chi connectivity index (χ3n) is 9.78. The summed E-state index contributed by atoms with van der Waals surface area (Å²) in [6, 6.07) is 0. The molecule has 0 radical (unpaired) electrons. The van der Waals surface area contributed by atoms with E-state index in [9.17, 15) is 0 Å². The Hall–Kier alpha value is 0.720. The molecule has 0 unspecified atom stereocenters. The predicted octanol–water partition coefficient (Wildman–Crippen LogP) is 15.5. The second kappa shape index (κ2) is 29.8. The summed E-state index contributed by atoms with van der Waals surface area (Å²) in [5, 5.41) is 0. The van der Waals surface area contributed by atoms with Crippen molar-refractivity contribution in [2.75, 3.05) is 24.6 Å². The van der Waals surface area contributed by atoms with Crippen LogP contribution < -0.4 is 0 Å². The third kappa shape index (κ3) is 25.2. The maximum absolute atomic E-state index is 8.18. The van der Waals surface area contributed by atoms with Crippen LogP contribution in [0.1, 0.15) is 220 Å². The topological polar surface area (TPSA) is 0 Å². The fraction of sp³-hybridized carbons (Fsp3) is 1.00. The molecule has 244 valence electrons. The Morgan fingerprint density at radius 1 is 0.250 bits per heavy atom. The number of hydrogen-bond acceptors (Lipinski definition) is 0. The third-order valence-corrected chi connectivity index (χ3v) is 17.5. The first-order valence-electron chi connectivity index (χ1n) is 19.3. The van der Waals surface area contributed by atoms with Gasteiger partial charge in [-0.3, -0.25) is 0 Å². The molecule has 0 atom stereocenters. The zero-order chi connectivity index (χ0) is 29.5. The molecular weight excluding hydrogens is 523 g/mol. The van der Waals surface area contributed by atoms with Crippen molar-refractivity contribution in [3.8, 4) is 0 Å². The van der Waals surface area contributed by atoms with Gasteiger partial charge < -0.3 is 0 Å². The van der Waals surface area contributed by atoms with Gasteiger partial charge in [0.15, 0.2) is 0 Å². The number of rotatable bonds is 34.